The second kappa shape index (κ2) is 6.28. The van der Waals surface area contributed by atoms with Gasteiger partial charge in [-0.1, -0.05) is 0 Å². The SMILES string of the molecule is Fc1ccc2[nH]c3c(OCCn4cncn4)c4[nH]c5ccc(F)cc5c4cc3c2c1. The lowest BCUT2D eigenvalue weighted by atomic mass is 10.1. The molecule has 30 heavy (non-hydrogen) atoms. The number of benzene rings is 3. The number of H-pyrrole nitrogens is 2. The van der Waals surface area contributed by atoms with Crippen molar-refractivity contribution in [1.82, 2.24) is 24.7 Å². The number of aromatic amines is 2. The zero-order valence-corrected chi connectivity index (χ0v) is 15.6. The molecular formula is C22H15F2N5O. The Morgan fingerprint density at radius 1 is 0.833 bits per heavy atom. The fourth-order valence-electron chi connectivity index (χ4n) is 4.03. The highest BCUT2D eigenvalue weighted by Crippen LogP contribution is 2.41. The maximum absolute atomic E-state index is 13.9. The zero-order valence-electron chi connectivity index (χ0n) is 15.6. The maximum atomic E-state index is 13.9. The minimum absolute atomic E-state index is 0.317. The molecule has 0 bridgehead atoms. The summed E-state index contributed by atoms with van der Waals surface area (Å²) < 4.78 is 35.8. The summed E-state index contributed by atoms with van der Waals surface area (Å²) >= 11 is 0. The lowest BCUT2D eigenvalue weighted by molar-refractivity contribution is 0.296. The summed E-state index contributed by atoms with van der Waals surface area (Å²) in [6.07, 6.45) is 3.09. The number of aromatic nitrogens is 5. The normalized spacial score (nSPS) is 11.9. The molecule has 3 aromatic heterocycles. The molecule has 8 heteroatoms. The van der Waals surface area contributed by atoms with E-state index in [4.69, 9.17) is 4.74 Å². The van der Waals surface area contributed by atoms with Crippen molar-refractivity contribution in [2.75, 3.05) is 6.61 Å². The van der Waals surface area contributed by atoms with Crippen molar-refractivity contribution in [3.63, 3.8) is 0 Å². The van der Waals surface area contributed by atoms with Crippen LogP contribution in [0.1, 0.15) is 0 Å². The van der Waals surface area contributed by atoms with E-state index in [1.807, 2.05) is 6.07 Å². The van der Waals surface area contributed by atoms with Gasteiger partial charge in [-0.05, 0) is 42.5 Å². The van der Waals surface area contributed by atoms with Crippen LogP contribution in [0.4, 0.5) is 8.78 Å². The predicted octanol–water partition coefficient (Wildman–Crippen LogP) is 4.90. The molecule has 0 saturated carbocycles. The van der Waals surface area contributed by atoms with Gasteiger partial charge in [0.15, 0.2) is 5.75 Å². The minimum atomic E-state index is -0.317. The Balaban J connectivity index is 1.61. The van der Waals surface area contributed by atoms with E-state index in [0.717, 1.165) is 43.6 Å². The van der Waals surface area contributed by atoms with Crippen molar-refractivity contribution < 1.29 is 13.5 Å². The highest BCUT2D eigenvalue weighted by Gasteiger charge is 2.18. The molecule has 6 rings (SSSR count). The Hall–Kier alpha value is -3.94. The fourth-order valence-corrected chi connectivity index (χ4v) is 4.03. The largest absolute Gasteiger partial charge is 0.487 e. The number of nitrogens with one attached hydrogen (secondary N) is 2. The Morgan fingerprint density at radius 2 is 1.47 bits per heavy atom. The summed E-state index contributed by atoms with van der Waals surface area (Å²) in [4.78, 5) is 10.6. The van der Waals surface area contributed by atoms with E-state index < -0.39 is 0 Å². The topological polar surface area (TPSA) is 71.5 Å². The molecule has 0 amide bonds. The van der Waals surface area contributed by atoms with E-state index in [-0.39, 0.29) is 11.6 Å². The molecule has 0 spiro atoms. The molecule has 3 aromatic carbocycles. The minimum Gasteiger partial charge on any atom is -0.487 e. The molecule has 0 unspecified atom stereocenters. The van der Waals surface area contributed by atoms with Crippen LogP contribution in [-0.2, 0) is 6.54 Å². The molecule has 0 atom stereocenters. The molecule has 0 fully saturated rings. The van der Waals surface area contributed by atoms with Gasteiger partial charge in [0.05, 0.1) is 17.6 Å². The molecule has 3 heterocycles. The molecule has 6 aromatic rings. The molecule has 0 saturated heterocycles. The molecule has 0 aliphatic rings. The van der Waals surface area contributed by atoms with Crippen LogP contribution in [0.3, 0.4) is 0 Å². The van der Waals surface area contributed by atoms with Crippen LogP contribution in [0.2, 0.25) is 0 Å². The summed E-state index contributed by atoms with van der Waals surface area (Å²) in [6.45, 7) is 0.868. The molecule has 0 aliphatic heterocycles. The Kier molecular flexibility index (Phi) is 3.55. The number of fused-ring (bicyclic) bond motifs is 6. The highest BCUT2D eigenvalue weighted by molar-refractivity contribution is 6.20. The van der Waals surface area contributed by atoms with Crippen LogP contribution in [0.5, 0.6) is 5.75 Å². The van der Waals surface area contributed by atoms with Gasteiger partial charge in [-0.15, -0.1) is 0 Å². The summed E-state index contributed by atoms with van der Waals surface area (Å²) in [5.41, 5.74) is 3.12. The molecule has 148 valence electrons. The number of hydrogen-bond donors (Lipinski definition) is 2. The van der Waals surface area contributed by atoms with Crippen molar-refractivity contribution in [2.45, 2.75) is 6.54 Å². The van der Waals surface area contributed by atoms with Gasteiger partial charge in [0.2, 0.25) is 0 Å². The highest BCUT2D eigenvalue weighted by atomic mass is 19.1. The Labute approximate surface area is 168 Å². The molecular weight excluding hydrogens is 388 g/mol. The summed E-state index contributed by atoms with van der Waals surface area (Å²) in [5, 5.41) is 7.22. The number of hydrogen-bond acceptors (Lipinski definition) is 3. The number of nitrogens with zero attached hydrogens (tertiary/aromatic N) is 3. The van der Waals surface area contributed by atoms with Crippen LogP contribution >= 0.6 is 0 Å². The monoisotopic (exact) mass is 403 g/mol. The lowest BCUT2D eigenvalue weighted by Crippen LogP contribution is -2.09. The summed E-state index contributed by atoms with van der Waals surface area (Å²) in [6, 6.07) is 11.2. The van der Waals surface area contributed by atoms with Crippen LogP contribution in [0.15, 0.2) is 55.1 Å². The van der Waals surface area contributed by atoms with Crippen LogP contribution < -0.4 is 4.74 Å². The van der Waals surface area contributed by atoms with E-state index in [2.05, 4.69) is 20.1 Å². The number of rotatable bonds is 4. The average molecular weight is 403 g/mol. The predicted molar refractivity (Wildman–Crippen MR) is 111 cm³/mol. The third kappa shape index (κ3) is 2.53. The maximum Gasteiger partial charge on any atom is 0.167 e. The van der Waals surface area contributed by atoms with Gasteiger partial charge in [-0.2, -0.15) is 5.10 Å². The van der Waals surface area contributed by atoms with Crippen molar-refractivity contribution in [1.29, 1.82) is 0 Å². The van der Waals surface area contributed by atoms with Gasteiger partial charge in [-0.3, -0.25) is 0 Å². The molecule has 0 radical (unpaired) electrons. The standard InChI is InChI=1S/C22H15F2N5O/c23-12-1-3-18-14(7-12)16-9-17-15-8-13(24)2-4-19(15)28-21(17)22(20(16)27-18)30-6-5-29-11-25-10-26-29/h1-4,7-11,27-28H,5-6H2. The van der Waals surface area contributed by atoms with Crippen LogP contribution in [0.25, 0.3) is 43.6 Å². The number of halogens is 2. The molecule has 2 N–H and O–H groups in total. The van der Waals surface area contributed by atoms with Crippen LogP contribution in [0, 0.1) is 11.6 Å². The molecule has 0 aliphatic carbocycles. The number of ether oxygens (including phenoxy) is 1. The Morgan fingerprint density at radius 3 is 2.03 bits per heavy atom. The van der Waals surface area contributed by atoms with E-state index in [1.165, 1.54) is 30.6 Å². The van der Waals surface area contributed by atoms with Crippen LogP contribution in [-0.4, -0.2) is 31.3 Å². The second-order valence-electron chi connectivity index (χ2n) is 7.19. The Bertz CT molecular complexity index is 1450. The van der Waals surface area contributed by atoms with Gasteiger partial charge in [0.25, 0.3) is 0 Å². The summed E-state index contributed by atoms with van der Waals surface area (Å²) in [7, 11) is 0. The van der Waals surface area contributed by atoms with Crippen molar-refractivity contribution in [3.8, 4) is 5.75 Å². The summed E-state index contributed by atoms with van der Waals surface area (Å²) in [5.74, 6) is -0.0277. The van der Waals surface area contributed by atoms with Gasteiger partial charge in [-0.25, -0.2) is 18.4 Å². The smallest absolute Gasteiger partial charge is 0.167 e. The van der Waals surface area contributed by atoms with Gasteiger partial charge < -0.3 is 14.7 Å². The van der Waals surface area contributed by atoms with Crippen molar-refractivity contribution in [3.05, 3.63) is 66.8 Å². The quantitative estimate of drug-likeness (QED) is 0.440. The van der Waals surface area contributed by atoms with Crippen molar-refractivity contribution in [2.24, 2.45) is 0 Å². The van der Waals surface area contributed by atoms with Crippen molar-refractivity contribution >= 4 is 43.6 Å². The average Bonchev–Trinajstić information content (AvgIpc) is 3.45. The first-order valence-electron chi connectivity index (χ1n) is 9.47. The lowest BCUT2D eigenvalue weighted by Gasteiger charge is -2.09. The fraction of sp³-hybridized carbons (Fsp3) is 0.0909. The van der Waals surface area contributed by atoms with Gasteiger partial charge in [0, 0.05) is 32.6 Å². The first-order chi connectivity index (χ1) is 14.7. The second-order valence-corrected chi connectivity index (χ2v) is 7.19. The van der Waals surface area contributed by atoms with E-state index >= 15 is 0 Å². The third-order valence-electron chi connectivity index (χ3n) is 5.38. The third-order valence-corrected chi connectivity index (χ3v) is 5.38. The van der Waals surface area contributed by atoms with Gasteiger partial charge in [0.1, 0.15) is 30.9 Å². The van der Waals surface area contributed by atoms with E-state index in [0.29, 0.717) is 18.9 Å². The first-order valence-corrected chi connectivity index (χ1v) is 9.47. The zero-order chi connectivity index (χ0) is 20.2. The molecule has 6 nitrogen and oxygen atoms in total. The first kappa shape index (κ1) is 17.0. The van der Waals surface area contributed by atoms with E-state index in [9.17, 15) is 8.78 Å². The van der Waals surface area contributed by atoms with E-state index in [1.54, 1.807) is 23.1 Å². The van der Waals surface area contributed by atoms with Gasteiger partial charge >= 0.3 is 0 Å².